The molecule has 1 atom stereocenters. The van der Waals surface area contributed by atoms with Gasteiger partial charge in [-0.25, -0.2) is 4.98 Å². The van der Waals surface area contributed by atoms with E-state index in [0.717, 1.165) is 5.82 Å². The second-order valence-corrected chi connectivity index (χ2v) is 6.29. The molecule has 0 aromatic carbocycles. The lowest BCUT2D eigenvalue weighted by Gasteiger charge is -2.34. The number of hydrogen-bond donors (Lipinski definition) is 1. The van der Waals surface area contributed by atoms with Crippen LogP contribution in [0.15, 0.2) is 6.20 Å². The summed E-state index contributed by atoms with van der Waals surface area (Å²) in [5, 5.41) is 2.76. The summed E-state index contributed by atoms with van der Waals surface area (Å²) in [5.41, 5.74) is 0.390. The highest BCUT2D eigenvalue weighted by Crippen LogP contribution is 2.25. The summed E-state index contributed by atoms with van der Waals surface area (Å²) < 4.78 is 6.88. The number of rotatable bonds is 6. The van der Waals surface area contributed by atoms with Crippen molar-refractivity contribution in [1.82, 2.24) is 19.8 Å². The molecule has 0 spiro atoms. The minimum atomic E-state index is -0.212. The molecule has 0 bridgehead atoms. The van der Waals surface area contributed by atoms with Gasteiger partial charge < -0.3 is 19.5 Å². The summed E-state index contributed by atoms with van der Waals surface area (Å²) in [6.45, 7) is 8.27. The number of carbonyl (C=O) groups is 2. The third kappa shape index (κ3) is 4.10. The number of amides is 2. The maximum absolute atomic E-state index is 12.3. The molecule has 2 heterocycles. The van der Waals surface area contributed by atoms with Gasteiger partial charge in [-0.2, -0.15) is 0 Å². The predicted octanol–water partition coefficient (Wildman–Crippen LogP) is 1.21. The first kappa shape index (κ1) is 17.5. The molecule has 0 saturated carbocycles. The minimum absolute atomic E-state index is 0.115. The van der Waals surface area contributed by atoms with Crippen LogP contribution in [0, 0.1) is 5.92 Å². The Morgan fingerprint density at radius 3 is 2.83 bits per heavy atom. The van der Waals surface area contributed by atoms with Gasteiger partial charge >= 0.3 is 0 Å². The Labute approximate surface area is 137 Å². The van der Waals surface area contributed by atoms with E-state index in [1.165, 1.54) is 0 Å². The van der Waals surface area contributed by atoms with Crippen molar-refractivity contribution in [2.75, 3.05) is 26.8 Å². The van der Waals surface area contributed by atoms with E-state index in [0.29, 0.717) is 44.3 Å². The monoisotopic (exact) mass is 322 g/mol. The number of nitrogens with zero attached hydrogens (tertiary/aromatic N) is 3. The Morgan fingerprint density at radius 1 is 1.43 bits per heavy atom. The molecule has 0 fully saturated rings. The molecule has 0 aliphatic carbocycles. The molecular weight excluding hydrogens is 296 g/mol. The van der Waals surface area contributed by atoms with E-state index in [9.17, 15) is 9.59 Å². The molecule has 1 N–H and O–H groups in total. The van der Waals surface area contributed by atoms with Gasteiger partial charge in [0, 0.05) is 39.4 Å². The van der Waals surface area contributed by atoms with Gasteiger partial charge in [0.1, 0.15) is 11.5 Å². The van der Waals surface area contributed by atoms with Crippen molar-refractivity contribution in [3.8, 4) is 0 Å². The van der Waals surface area contributed by atoms with Crippen LogP contribution in [0.4, 0.5) is 0 Å². The molecule has 23 heavy (non-hydrogen) atoms. The molecule has 0 radical (unpaired) electrons. The first-order valence-corrected chi connectivity index (χ1v) is 8.07. The zero-order valence-corrected chi connectivity index (χ0v) is 14.3. The van der Waals surface area contributed by atoms with Crippen LogP contribution in [0.5, 0.6) is 0 Å². The predicted molar refractivity (Wildman–Crippen MR) is 86.0 cm³/mol. The fraction of sp³-hybridized carbons (Fsp3) is 0.688. The van der Waals surface area contributed by atoms with Crippen LogP contribution < -0.4 is 5.32 Å². The molecule has 1 aromatic heterocycles. The van der Waals surface area contributed by atoms with E-state index < -0.39 is 0 Å². The fourth-order valence-corrected chi connectivity index (χ4v) is 2.77. The van der Waals surface area contributed by atoms with Crippen LogP contribution >= 0.6 is 0 Å². The maximum atomic E-state index is 12.3. The highest BCUT2D eigenvalue weighted by Gasteiger charge is 2.30. The number of methoxy groups -OCH3 is 1. The Balaban J connectivity index is 2.08. The van der Waals surface area contributed by atoms with E-state index in [4.69, 9.17) is 4.74 Å². The number of aromatic nitrogens is 2. The SMILES string of the molecule is COCCNC(=O)c1cn2c(n1)[C@@H](C)N(C(=O)CC(C)C)CC2. The van der Waals surface area contributed by atoms with Gasteiger partial charge in [0.2, 0.25) is 5.91 Å². The Morgan fingerprint density at radius 2 is 2.17 bits per heavy atom. The van der Waals surface area contributed by atoms with Gasteiger partial charge in [0.15, 0.2) is 0 Å². The quantitative estimate of drug-likeness (QED) is 0.799. The van der Waals surface area contributed by atoms with Crippen molar-refractivity contribution < 1.29 is 14.3 Å². The van der Waals surface area contributed by atoms with E-state index in [-0.39, 0.29) is 17.9 Å². The van der Waals surface area contributed by atoms with E-state index in [1.807, 2.05) is 30.2 Å². The molecule has 1 aromatic rings. The van der Waals surface area contributed by atoms with Gasteiger partial charge in [-0.05, 0) is 12.8 Å². The smallest absolute Gasteiger partial charge is 0.271 e. The number of fused-ring (bicyclic) bond motifs is 1. The van der Waals surface area contributed by atoms with Crippen LogP contribution in [0.3, 0.4) is 0 Å². The topological polar surface area (TPSA) is 76.5 Å². The highest BCUT2D eigenvalue weighted by molar-refractivity contribution is 5.92. The molecule has 2 amide bonds. The molecule has 0 saturated heterocycles. The third-order valence-corrected chi connectivity index (χ3v) is 3.96. The Kier molecular flexibility index (Phi) is 5.76. The van der Waals surface area contributed by atoms with E-state index in [2.05, 4.69) is 10.3 Å². The number of carbonyl (C=O) groups excluding carboxylic acids is 2. The van der Waals surface area contributed by atoms with Crippen molar-refractivity contribution in [3.05, 3.63) is 17.7 Å². The number of nitrogens with one attached hydrogen (secondary N) is 1. The molecule has 0 unspecified atom stereocenters. The lowest BCUT2D eigenvalue weighted by Crippen LogP contribution is -2.41. The van der Waals surface area contributed by atoms with Crippen molar-refractivity contribution >= 4 is 11.8 Å². The summed E-state index contributed by atoms with van der Waals surface area (Å²) in [7, 11) is 1.59. The average molecular weight is 322 g/mol. The Hall–Kier alpha value is -1.89. The zero-order valence-electron chi connectivity index (χ0n) is 14.3. The molecule has 1 aliphatic heterocycles. The molecule has 7 nitrogen and oxygen atoms in total. The number of hydrogen-bond acceptors (Lipinski definition) is 4. The van der Waals surface area contributed by atoms with Crippen LogP contribution in [0.25, 0.3) is 0 Å². The van der Waals surface area contributed by atoms with E-state index in [1.54, 1.807) is 13.3 Å². The molecular formula is C16H26N4O3. The van der Waals surface area contributed by atoms with Gasteiger partial charge in [0.05, 0.1) is 12.6 Å². The number of imidazole rings is 1. The van der Waals surface area contributed by atoms with Gasteiger partial charge in [-0.3, -0.25) is 9.59 Å². The first-order valence-electron chi connectivity index (χ1n) is 8.07. The summed E-state index contributed by atoms with van der Waals surface area (Å²) in [6.07, 6.45) is 2.30. The van der Waals surface area contributed by atoms with Crippen LogP contribution in [0.1, 0.15) is 49.5 Å². The largest absolute Gasteiger partial charge is 0.383 e. The summed E-state index contributed by atoms with van der Waals surface area (Å²) >= 11 is 0. The second-order valence-electron chi connectivity index (χ2n) is 6.29. The van der Waals surface area contributed by atoms with Crippen LogP contribution in [0.2, 0.25) is 0 Å². The van der Waals surface area contributed by atoms with Crippen LogP contribution in [-0.2, 0) is 16.1 Å². The van der Waals surface area contributed by atoms with Crippen molar-refractivity contribution in [1.29, 1.82) is 0 Å². The molecule has 2 rings (SSSR count). The lowest BCUT2D eigenvalue weighted by molar-refractivity contribution is -0.135. The minimum Gasteiger partial charge on any atom is -0.383 e. The summed E-state index contributed by atoms with van der Waals surface area (Å²) in [6, 6.07) is -0.115. The van der Waals surface area contributed by atoms with Crippen molar-refractivity contribution in [2.24, 2.45) is 5.92 Å². The molecule has 1 aliphatic rings. The van der Waals surface area contributed by atoms with Crippen molar-refractivity contribution in [3.63, 3.8) is 0 Å². The van der Waals surface area contributed by atoms with Gasteiger partial charge in [-0.1, -0.05) is 13.8 Å². The molecule has 128 valence electrons. The first-order chi connectivity index (χ1) is 10.9. The summed E-state index contributed by atoms with van der Waals surface area (Å²) in [4.78, 5) is 30.7. The third-order valence-electron chi connectivity index (χ3n) is 3.96. The van der Waals surface area contributed by atoms with Gasteiger partial charge in [0.25, 0.3) is 5.91 Å². The standard InChI is InChI=1S/C16H26N4O3/c1-11(2)9-14(21)20-7-6-19-10-13(18-15(19)12(20)3)16(22)17-5-8-23-4/h10-12H,5-9H2,1-4H3,(H,17,22)/t12-/m1/s1. The average Bonchev–Trinajstić information content (AvgIpc) is 2.92. The zero-order chi connectivity index (χ0) is 17.0. The van der Waals surface area contributed by atoms with Crippen LogP contribution in [-0.4, -0.2) is 53.1 Å². The Bertz CT molecular complexity index is 568. The highest BCUT2D eigenvalue weighted by atomic mass is 16.5. The summed E-state index contributed by atoms with van der Waals surface area (Å²) in [5.74, 6) is 1.03. The number of ether oxygens (including phenoxy) is 1. The van der Waals surface area contributed by atoms with Crippen molar-refractivity contribution in [2.45, 2.75) is 39.8 Å². The van der Waals surface area contributed by atoms with Gasteiger partial charge in [-0.15, -0.1) is 0 Å². The fourth-order valence-electron chi connectivity index (χ4n) is 2.77. The molecule has 7 heteroatoms. The van der Waals surface area contributed by atoms with E-state index >= 15 is 0 Å². The lowest BCUT2D eigenvalue weighted by atomic mass is 10.1. The normalized spacial score (nSPS) is 17.3. The second kappa shape index (κ2) is 7.59. The maximum Gasteiger partial charge on any atom is 0.271 e.